The summed E-state index contributed by atoms with van der Waals surface area (Å²) < 4.78 is 0. The summed E-state index contributed by atoms with van der Waals surface area (Å²) in [6.45, 7) is 4.56. The second-order valence-electron chi connectivity index (χ2n) is 7.20. The highest BCUT2D eigenvalue weighted by Gasteiger charge is 2.46. The van der Waals surface area contributed by atoms with Gasteiger partial charge in [0.2, 0.25) is 0 Å². The van der Waals surface area contributed by atoms with Gasteiger partial charge >= 0.3 is 0 Å². The van der Waals surface area contributed by atoms with E-state index in [2.05, 4.69) is 36.3 Å². The van der Waals surface area contributed by atoms with Crippen molar-refractivity contribution in [2.24, 2.45) is 28.5 Å². The van der Waals surface area contributed by atoms with E-state index >= 15 is 0 Å². The number of aliphatic imine (C=N–C) groups is 1. The molecule has 0 amide bonds. The van der Waals surface area contributed by atoms with E-state index in [1.807, 2.05) is 0 Å². The molecule has 0 aromatic carbocycles. The molecular weight excluding hydrogens is 270 g/mol. The van der Waals surface area contributed by atoms with E-state index in [0.29, 0.717) is 23.8 Å². The van der Waals surface area contributed by atoms with Crippen LogP contribution in [0, 0.1) is 17.8 Å². The molecule has 3 N–H and O–H groups in total. The fraction of sp³-hybridized carbons (Fsp3) is 0.737. The molecule has 1 saturated carbocycles. The number of unbranched alkanes of at least 4 members (excludes halogenated alkanes) is 2. The van der Waals surface area contributed by atoms with Gasteiger partial charge in [-0.3, -0.25) is 0 Å². The molecule has 3 aliphatic rings. The number of guanidine groups is 1. The van der Waals surface area contributed by atoms with Crippen LogP contribution < -0.4 is 11.1 Å². The van der Waals surface area contributed by atoms with Gasteiger partial charge in [0, 0.05) is 11.6 Å². The molecule has 1 aliphatic heterocycles. The summed E-state index contributed by atoms with van der Waals surface area (Å²) in [6.07, 6.45) is 15.0. The molecule has 1 heterocycles. The molecule has 22 heavy (non-hydrogen) atoms. The normalized spacial score (nSPS) is 33.8. The number of rotatable bonds is 6. The highest BCUT2D eigenvalue weighted by molar-refractivity contribution is 5.81. The summed E-state index contributed by atoms with van der Waals surface area (Å²) in [6, 6.07) is 0.433. The van der Waals surface area contributed by atoms with E-state index in [1.165, 1.54) is 62.6 Å². The molecule has 122 valence electrons. The zero-order valence-corrected chi connectivity index (χ0v) is 14.1. The minimum Gasteiger partial charge on any atom is -0.370 e. The van der Waals surface area contributed by atoms with Crippen LogP contribution in [0.2, 0.25) is 0 Å². The lowest BCUT2D eigenvalue weighted by Gasteiger charge is -2.39. The van der Waals surface area contributed by atoms with Crippen molar-refractivity contribution in [3.8, 4) is 0 Å². The Balaban J connectivity index is 1.91. The monoisotopic (exact) mass is 301 g/mol. The van der Waals surface area contributed by atoms with Crippen LogP contribution in [0.3, 0.4) is 0 Å². The lowest BCUT2D eigenvalue weighted by Crippen LogP contribution is -2.46. The quantitative estimate of drug-likeness (QED) is 0.725. The Morgan fingerprint density at radius 3 is 2.91 bits per heavy atom. The maximum Gasteiger partial charge on any atom is 0.193 e. The van der Waals surface area contributed by atoms with Gasteiger partial charge in [-0.25, -0.2) is 4.99 Å². The first-order valence-electron chi connectivity index (χ1n) is 9.25. The number of nitrogens with one attached hydrogen (secondary N) is 1. The highest BCUT2D eigenvalue weighted by Crippen LogP contribution is 2.50. The first kappa shape index (κ1) is 15.6. The molecule has 3 rings (SSSR count). The maximum atomic E-state index is 6.06. The topological polar surface area (TPSA) is 50.4 Å². The van der Waals surface area contributed by atoms with E-state index in [9.17, 15) is 0 Å². The largest absolute Gasteiger partial charge is 0.370 e. The highest BCUT2D eigenvalue weighted by atomic mass is 15.2. The van der Waals surface area contributed by atoms with E-state index in [0.717, 1.165) is 5.92 Å². The Morgan fingerprint density at radius 2 is 2.14 bits per heavy atom. The van der Waals surface area contributed by atoms with Crippen LogP contribution in [0.4, 0.5) is 0 Å². The van der Waals surface area contributed by atoms with Gasteiger partial charge in [0.05, 0.1) is 6.04 Å². The first-order chi connectivity index (χ1) is 10.7. The fourth-order valence-electron chi connectivity index (χ4n) is 4.68. The van der Waals surface area contributed by atoms with Crippen molar-refractivity contribution in [3.05, 3.63) is 23.4 Å². The third-order valence-electron chi connectivity index (χ3n) is 5.65. The predicted octanol–water partition coefficient (Wildman–Crippen LogP) is 4.12. The minimum absolute atomic E-state index is 0.433. The number of allylic oxidation sites excluding steroid dienone is 3. The smallest absolute Gasteiger partial charge is 0.193 e. The Labute approximate surface area is 135 Å². The van der Waals surface area contributed by atoms with Crippen LogP contribution in [0.1, 0.15) is 65.2 Å². The number of hydrogen-bond donors (Lipinski definition) is 2. The van der Waals surface area contributed by atoms with Gasteiger partial charge in [-0.05, 0) is 49.5 Å². The van der Waals surface area contributed by atoms with Crippen molar-refractivity contribution in [2.75, 3.05) is 0 Å². The van der Waals surface area contributed by atoms with Crippen LogP contribution in [0.15, 0.2) is 28.4 Å². The average Bonchev–Trinajstić information content (AvgIpc) is 2.89. The lowest BCUT2D eigenvalue weighted by molar-refractivity contribution is 0.289. The second kappa shape index (κ2) is 6.89. The summed E-state index contributed by atoms with van der Waals surface area (Å²) in [5, 5.41) is 3.45. The Hall–Kier alpha value is -1.25. The maximum absolute atomic E-state index is 6.06. The molecular formula is C19H31N3. The van der Waals surface area contributed by atoms with Gasteiger partial charge in [0.15, 0.2) is 5.96 Å². The van der Waals surface area contributed by atoms with Crippen molar-refractivity contribution in [1.82, 2.24) is 5.32 Å². The molecule has 0 spiro atoms. The van der Waals surface area contributed by atoms with Crippen molar-refractivity contribution in [3.63, 3.8) is 0 Å². The average molecular weight is 301 g/mol. The predicted molar refractivity (Wildman–Crippen MR) is 93.5 cm³/mol. The first-order valence-corrected chi connectivity index (χ1v) is 9.25. The summed E-state index contributed by atoms with van der Waals surface area (Å²) in [5.41, 5.74) is 9.01. The molecule has 3 nitrogen and oxygen atoms in total. The molecule has 0 aromatic rings. The lowest BCUT2D eigenvalue weighted by atomic mass is 9.71. The third kappa shape index (κ3) is 2.95. The van der Waals surface area contributed by atoms with E-state index in [-0.39, 0.29) is 0 Å². The molecule has 4 unspecified atom stereocenters. The van der Waals surface area contributed by atoms with Gasteiger partial charge in [-0.15, -0.1) is 0 Å². The number of nitrogens with zero attached hydrogens (tertiary/aromatic N) is 1. The van der Waals surface area contributed by atoms with Crippen LogP contribution in [-0.2, 0) is 0 Å². The van der Waals surface area contributed by atoms with Crippen molar-refractivity contribution >= 4 is 5.96 Å². The zero-order valence-electron chi connectivity index (χ0n) is 14.1. The Morgan fingerprint density at radius 1 is 1.27 bits per heavy atom. The standard InChI is InChI=1S/C19H31N3/c1-3-5-6-7-9-15-13(8-4-2)12-14-10-11-16-17(14)18(15)22-19(20)21-16/h7,9,13-14,16-17H,3-6,8,10-12H2,1-2H3,(H3,20,21,22). The van der Waals surface area contributed by atoms with Crippen LogP contribution in [0.5, 0.6) is 0 Å². The summed E-state index contributed by atoms with van der Waals surface area (Å²) in [5.74, 6) is 2.75. The molecule has 0 aromatic heterocycles. The number of hydrogen-bond acceptors (Lipinski definition) is 3. The van der Waals surface area contributed by atoms with Gasteiger partial charge < -0.3 is 11.1 Å². The SMILES string of the molecule is CCCCC=CC1=C2NC(N)=NC3CCC(CC1CCC)C23. The van der Waals surface area contributed by atoms with Crippen molar-refractivity contribution in [1.29, 1.82) is 0 Å². The van der Waals surface area contributed by atoms with Crippen molar-refractivity contribution < 1.29 is 0 Å². The van der Waals surface area contributed by atoms with E-state index < -0.39 is 0 Å². The Bertz CT molecular complexity index is 489. The third-order valence-corrected chi connectivity index (χ3v) is 5.65. The molecule has 3 heteroatoms. The van der Waals surface area contributed by atoms with Gasteiger partial charge in [0.25, 0.3) is 0 Å². The van der Waals surface area contributed by atoms with Crippen LogP contribution >= 0.6 is 0 Å². The van der Waals surface area contributed by atoms with Crippen molar-refractivity contribution in [2.45, 2.75) is 71.3 Å². The fourth-order valence-corrected chi connectivity index (χ4v) is 4.68. The molecule has 1 fully saturated rings. The van der Waals surface area contributed by atoms with E-state index in [4.69, 9.17) is 5.73 Å². The summed E-state index contributed by atoms with van der Waals surface area (Å²) >= 11 is 0. The second-order valence-corrected chi connectivity index (χ2v) is 7.20. The van der Waals surface area contributed by atoms with Gasteiger partial charge in [-0.2, -0.15) is 0 Å². The number of nitrogens with two attached hydrogens (primary N) is 1. The minimum atomic E-state index is 0.433. The molecule has 0 saturated heterocycles. The molecule has 0 radical (unpaired) electrons. The Kier molecular flexibility index (Phi) is 4.90. The molecule has 4 atom stereocenters. The molecule has 2 aliphatic carbocycles. The van der Waals surface area contributed by atoms with Crippen LogP contribution in [0.25, 0.3) is 0 Å². The van der Waals surface area contributed by atoms with Gasteiger partial charge in [-0.1, -0.05) is 45.3 Å². The van der Waals surface area contributed by atoms with Gasteiger partial charge in [0.1, 0.15) is 0 Å². The summed E-state index contributed by atoms with van der Waals surface area (Å²) in [7, 11) is 0. The summed E-state index contributed by atoms with van der Waals surface area (Å²) in [4.78, 5) is 4.67. The zero-order chi connectivity index (χ0) is 15.5. The molecule has 0 bridgehead atoms. The van der Waals surface area contributed by atoms with E-state index in [1.54, 1.807) is 0 Å². The van der Waals surface area contributed by atoms with Crippen LogP contribution in [-0.4, -0.2) is 12.0 Å².